The van der Waals surface area contributed by atoms with Gasteiger partial charge in [0.2, 0.25) is 15.8 Å². The minimum absolute atomic E-state index is 0.170. The van der Waals surface area contributed by atoms with E-state index in [0.29, 0.717) is 43.4 Å². The third kappa shape index (κ3) is 4.23. The summed E-state index contributed by atoms with van der Waals surface area (Å²) in [5.74, 6) is 0.315. The maximum absolute atomic E-state index is 12.9. The largest absolute Gasteiger partial charge is 0.463 e. The molecule has 0 atom stereocenters. The van der Waals surface area contributed by atoms with E-state index in [0.717, 1.165) is 11.1 Å². The monoisotopic (exact) mass is 392 g/mol. The summed E-state index contributed by atoms with van der Waals surface area (Å²) in [6.07, 6.45) is 0. The smallest absolute Gasteiger partial charge is 0.373 e. The number of esters is 1. The number of rotatable bonds is 5. The van der Waals surface area contributed by atoms with Crippen LogP contribution in [0, 0.1) is 13.8 Å². The summed E-state index contributed by atoms with van der Waals surface area (Å²) in [7, 11) is -2.19. The van der Waals surface area contributed by atoms with Crippen LogP contribution in [0.2, 0.25) is 0 Å². The van der Waals surface area contributed by atoms with E-state index in [1.165, 1.54) is 11.4 Å². The Bertz CT molecular complexity index is 927. The second kappa shape index (κ2) is 7.84. The van der Waals surface area contributed by atoms with Crippen LogP contribution >= 0.6 is 0 Å². The van der Waals surface area contributed by atoms with Gasteiger partial charge >= 0.3 is 5.97 Å². The van der Waals surface area contributed by atoms with Gasteiger partial charge in [0.05, 0.1) is 18.6 Å². The number of carbonyl (C=O) groups excluding carboxylic acids is 1. The number of nitrogens with zero attached hydrogens (tertiary/aromatic N) is 2. The van der Waals surface area contributed by atoms with Crippen molar-refractivity contribution in [1.82, 2.24) is 9.21 Å². The number of methoxy groups -OCH3 is 1. The van der Waals surface area contributed by atoms with Crippen molar-refractivity contribution < 1.29 is 22.4 Å². The third-order valence-corrected chi connectivity index (χ3v) is 6.77. The van der Waals surface area contributed by atoms with Crippen molar-refractivity contribution in [3.63, 3.8) is 0 Å². The summed E-state index contributed by atoms with van der Waals surface area (Å²) in [5, 5.41) is 0. The Morgan fingerprint density at radius 1 is 1.11 bits per heavy atom. The lowest BCUT2D eigenvalue weighted by molar-refractivity contribution is 0.0560. The number of ether oxygens (including phenoxy) is 1. The summed E-state index contributed by atoms with van der Waals surface area (Å²) < 4.78 is 37.5. The second-order valence-corrected chi connectivity index (χ2v) is 8.61. The number of hydrogen-bond donors (Lipinski definition) is 0. The van der Waals surface area contributed by atoms with Gasteiger partial charge in [-0.1, -0.05) is 17.7 Å². The van der Waals surface area contributed by atoms with Gasteiger partial charge < -0.3 is 9.15 Å². The topological polar surface area (TPSA) is 80.1 Å². The van der Waals surface area contributed by atoms with Crippen LogP contribution in [0.3, 0.4) is 0 Å². The first-order valence-electron chi connectivity index (χ1n) is 8.78. The molecule has 0 N–H and O–H groups in total. The first-order valence-corrected chi connectivity index (χ1v) is 10.2. The first kappa shape index (κ1) is 19.6. The van der Waals surface area contributed by atoms with Gasteiger partial charge in [-0.15, -0.1) is 0 Å². The molecule has 8 heteroatoms. The fourth-order valence-corrected chi connectivity index (χ4v) is 4.88. The lowest BCUT2D eigenvalue weighted by Crippen LogP contribution is -2.48. The fourth-order valence-electron chi connectivity index (χ4n) is 3.25. The lowest BCUT2D eigenvalue weighted by Gasteiger charge is -2.33. The van der Waals surface area contributed by atoms with Crippen LogP contribution in [0.15, 0.2) is 39.6 Å². The lowest BCUT2D eigenvalue weighted by atomic mass is 10.2. The Morgan fingerprint density at radius 2 is 1.81 bits per heavy atom. The van der Waals surface area contributed by atoms with Crippen molar-refractivity contribution in [2.45, 2.75) is 25.3 Å². The molecule has 146 valence electrons. The van der Waals surface area contributed by atoms with Crippen LogP contribution < -0.4 is 0 Å². The molecule has 0 bridgehead atoms. The fraction of sp³-hybridized carbons (Fsp3) is 0.421. The zero-order valence-corrected chi connectivity index (χ0v) is 16.6. The molecule has 0 amide bonds. The average molecular weight is 392 g/mol. The van der Waals surface area contributed by atoms with E-state index in [9.17, 15) is 13.2 Å². The van der Waals surface area contributed by atoms with Crippen LogP contribution in [-0.4, -0.2) is 56.9 Å². The van der Waals surface area contributed by atoms with Crippen molar-refractivity contribution in [2.24, 2.45) is 0 Å². The molecule has 1 fully saturated rings. The van der Waals surface area contributed by atoms with Gasteiger partial charge in [0.25, 0.3) is 0 Å². The predicted molar refractivity (Wildman–Crippen MR) is 100.0 cm³/mol. The van der Waals surface area contributed by atoms with Crippen LogP contribution in [0.4, 0.5) is 0 Å². The molecular formula is C19H24N2O5S. The van der Waals surface area contributed by atoms with Gasteiger partial charge in [0.1, 0.15) is 5.76 Å². The number of piperazine rings is 1. The Balaban J connectivity index is 1.63. The molecule has 1 saturated heterocycles. The Hall–Kier alpha value is -2.16. The molecule has 2 aromatic rings. The number of carbonyl (C=O) groups is 1. The van der Waals surface area contributed by atoms with Gasteiger partial charge in [0, 0.05) is 26.2 Å². The average Bonchev–Trinajstić information content (AvgIpc) is 3.09. The number of aryl methyl sites for hydroxylation is 2. The van der Waals surface area contributed by atoms with Crippen LogP contribution in [-0.2, 0) is 21.3 Å². The van der Waals surface area contributed by atoms with Gasteiger partial charge in [0.15, 0.2) is 0 Å². The minimum atomic E-state index is -3.49. The van der Waals surface area contributed by atoms with Crippen LogP contribution in [0.25, 0.3) is 0 Å². The highest BCUT2D eigenvalue weighted by Crippen LogP contribution is 2.22. The Morgan fingerprint density at radius 3 is 2.44 bits per heavy atom. The highest BCUT2D eigenvalue weighted by atomic mass is 32.2. The molecular weight excluding hydrogens is 368 g/mol. The van der Waals surface area contributed by atoms with E-state index in [4.69, 9.17) is 4.42 Å². The van der Waals surface area contributed by atoms with Gasteiger partial charge in [-0.2, -0.15) is 4.31 Å². The normalized spacial score (nSPS) is 16.4. The van der Waals surface area contributed by atoms with Gasteiger partial charge in [-0.3, -0.25) is 4.90 Å². The molecule has 1 aliphatic heterocycles. The molecule has 0 unspecified atom stereocenters. The highest BCUT2D eigenvalue weighted by molar-refractivity contribution is 7.89. The molecule has 0 aliphatic carbocycles. The van der Waals surface area contributed by atoms with E-state index in [1.54, 1.807) is 18.2 Å². The summed E-state index contributed by atoms with van der Waals surface area (Å²) in [5.41, 5.74) is 1.81. The molecule has 7 nitrogen and oxygen atoms in total. The maximum Gasteiger partial charge on any atom is 0.373 e. The Kier molecular flexibility index (Phi) is 5.69. The summed E-state index contributed by atoms with van der Waals surface area (Å²) in [6, 6.07) is 8.72. The predicted octanol–water partition coefficient (Wildman–Crippen LogP) is 2.19. The summed E-state index contributed by atoms with van der Waals surface area (Å²) >= 11 is 0. The van der Waals surface area contributed by atoms with Gasteiger partial charge in [-0.25, -0.2) is 13.2 Å². The van der Waals surface area contributed by atoms with E-state index in [-0.39, 0.29) is 5.76 Å². The molecule has 0 spiro atoms. The molecule has 1 aliphatic rings. The van der Waals surface area contributed by atoms with E-state index in [1.807, 2.05) is 26.0 Å². The van der Waals surface area contributed by atoms with Crippen LogP contribution in [0.5, 0.6) is 0 Å². The van der Waals surface area contributed by atoms with Crippen molar-refractivity contribution in [2.75, 3.05) is 33.3 Å². The first-order chi connectivity index (χ1) is 12.8. The Labute approximate surface area is 159 Å². The standard InChI is InChI=1S/C19H24N2O5S/c1-14-4-7-18(15(2)12-14)27(23,24)21-10-8-20(9-11-21)13-16-5-6-17(26-16)19(22)25-3/h4-7,12H,8-11,13H2,1-3H3. The number of hydrogen-bond acceptors (Lipinski definition) is 6. The quantitative estimate of drug-likeness (QED) is 0.726. The molecule has 3 rings (SSSR count). The molecule has 0 saturated carbocycles. The highest BCUT2D eigenvalue weighted by Gasteiger charge is 2.29. The van der Waals surface area contributed by atoms with Crippen molar-refractivity contribution in [3.05, 3.63) is 53.0 Å². The zero-order valence-electron chi connectivity index (χ0n) is 15.8. The summed E-state index contributed by atoms with van der Waals surface area (Å²) in [6.45, 7) is 6.32. The zero-order chi connectivity index (χ0) is 19.6. The molecule has 1 aromatic heterocycles. The molecule has 27 heavy (non-hydrogen) atoms. The third-order valence-electron chi connectivity index (χ3n) is 4.71. The van der Waals surface area contributed by atoms with Gasteiger partial charge in [-0.05, 0) is 37.6 Å². The van der Waals surface area contributed by atoms with Crippen molar-refractivity contribution >= 4 is 16.0 Å². The number of furan rings is 1. The van der Waals surface area contributed by atoms with E-state index >= 15 is 0 Å². The maximum atomic E-state index is 12.9. The molecule has 0 radical (unpaired) electrons. The number of benzene rings is 1. The van der Waals surface area contributed by atoms with E-state index < -0.39 is 16.0 Å². The molecule has 1 aromatic carbocycles. The molecule has 2 heterocycles. The minimum Gasteiger partial charge on any atom is -0.463 e. The van der Waals surface area contributed by atoms with Crippen molar-refractivity contribution in [1.29, 1.82) is 0 Å². The van der Waals surface area contributed by atoms with E-state index in [2.05, 4.69) is 9.64 Å². The van der Waals surface area contributed by atoms with Crippen molar-refractivity contribution in [3.8, 4) is 0 Å². The SMILES string of the molecule is COC(=O)c1ccc(CN2CCN(S(=O)(=O)c3ccc(C)cc3C)CC2)o1. The van der Waals surface area contributed by atoms with Crippen LogP contribution in [0.1, 0.15) is 27.4 Å². The number of sulfonamides is 1. The second-order valence-electron chi connectivity index (χ2n) is 6.71. The summed E-state index contributed by atoms with van der Waals surface area (Å²) in [4.78, 5) is 13.9.